The van der Waals surface area contributed by atoms with Crippen LogP contribution in [0.1, 0.15) is 90.0 Å². The highest BCUT2D eigenvalue weighted by molar-refractivity contribution is 7.99. The van der Waals surface area contributed by atoms with Crippen LogP contribution in [-0.2, 0) is 11.2 Å². The molecular formula is C24H41FOS. The van der Waals surface area contributed by atoms with E-state index in [1.165, 1.54) is 88.2 Å². The van der Waals surface area contributed by atoms with Crippen LogP contribution in [0.5, 0.6) is 0 Å². The minimum absolute atomic E-state index is 0.109. The van der Waals surface area contributed by atoms with E-state index in [-0.39, 0.29) is 5.82 Å². The summed E-state index contributed by atoms with van der Waals surface area (Å²) in [6, 6.07) is 7.03. The third-order valence-corrected chi connectivity index (χ3v) is 5.93. The van der Waals surface area contributed by atoms with Crippen LogP contribution in [0.15, 0.2) is 24.3 Å². The molecule has 1 aromatic rings. The molecule has 0 saturated heterocycles. The van der Waals surface area contributed by atoms with Crippen LogP contribution in [-0.4, -0.2) is 24.2 Å². The van der Waals surface area contributed by atoms with E-state index in [2.05, 4.69) is 25.6 Å². The van der Waals surface area contributed by atoms with Gasteiger partial charge < -0.3 is 4.74 Å². The summed E-state index contributed by atoms with van der Waals surface area (Å²) in [6.07, 6.45) is 16.0. The first-order chi connectivity index (χ1) is 13.2. The van der Waals surface area contributed by atoms with Gasteiger partial charge in [0.1, 0.15) is 5.82 Å². The summed E-state index contributed by atoms with van der Waals surface area (Å²) < 4.78 is 18.6. The Morgan fingerprint density at radius 3 is 2.04 bits per heavy atom. The number of hydrogen-bond donors (Lipinski definition) is 0. The molecule has 1 nitrogen and oxygen atoms in total. The average Bonchev–Trinajstić information content (AvgIpc) is 2.64. The zero-order chi connectivity index (χ0) is 19.6. The van der Waals surface area contributed by atoms with Crippen molar-refractivity contribution in [1.29, 1.82) is 0 Å². The first kappa shape index (κ1) is 24.5. The van der Waals surface area contributed by atoms with Gasteiger partial charge in [-0.15, -0.1) is 0 Å². The number of thioether (sulfide) groups is 1. The Balaban J connectivity index is 1.73. The predicted molar refractivity (Wildman–Crippen MR) is 119 cm³/mol. The smallest absolute Gasteiger partial charge is 0.123 e. The average molecular weight is 397 g/mol. The standard InChI is InChI=1S/C24H41FOS/c1-22(2)26-18-14-20-27-19-12-10-8-6-4-3-5-7-9-11-15-23-16-13-17-24(25)21-23/h13,16-17,21-22H,3-12,14-15,18-20H2,1-2H3. The van der Waals surface area contributed by atoms with Crippen LogP contribution in [0.4, 0.5) is 4.39 Å². The van der Waals surface area contributed by atoms with E-state index in [1.54, 1.807) is 6.07 Å². The van der Waals surface area contributed by atoms with Gasteiger partial charge in [-0.25, -0.2) is 4.39 Å². The van der Waals surface area contributed by atoms with Crippen molar-refractivity contribution in [2.24, 2.45) is 0 Å². The number of aryl methyl sites for hydroxylation is 1. The molecule has 0 atom stereocenters. The lowest BCUT2D eigenvalue weighted by Crippen LogP contribution is -2.04. The molecule has 27 heavy (non-hydrogen) atoms. The van der Waals surface area contributed by atoms with Gasteiger partial charge in [-0.1, -0.05) is 63.5 Å². The van der Waals surface area contributed by atoms with Gasteiger partial charge >= 0.3 is 0 Å². The van der Waals surface area contributed by atoms with Gasteiger partial charge in [0.05, 0.1) is 6.10 Å². The van der Waals surface area contributed by atoms with E-state index in [0.717, 1.165) is 18.6 Å². The number of unbranched alkanes of at least 4 members (excludes halogenated alkanes) is 9. The third kappa shape index (κ3) is 16.1. The van der Waals surface area contributed by atoms with Gasteiger partial charge in [0.2, 0.25) is 0 Å². The lowest BCUT2D eigenvalue weighted by atomic mass is 10.0. The molecule has 0 aliphatic carbocycles. The summed E-state index contributed by atoms with van der Waals surface area (Å²) in [4.78, 5) is 0. The molecule has 0 bridgehead atoms. The van der Waals surface area contributed by atoms with E-state index >= 15 is 0 Å². The topological polar surface area (TPSA) is 9.23 Å². The zero-order valence-electron chi connectivity index (χ0n) is 17.7. The molecule has 0 unspecified atom stereocenters. The number of benzene rings is 1. The van der Waals surface area contributed by atoms with Crippen LogP contribution in [0.2, 0.25) is 0 Å². The Morgan fingerprint density at radius 1 is 0.815 bits per heavy atom. The number of halogens is 1. The quantitative estimate of drug-likeness (QED) is 0.234. The van der Waals surface area contributed by atoms with Gasteiger partial charge in [0.15, 0.2) is 0 Å². The van der Waals surface area contributed by atoms with E-state index in [1.807, 2.05) is 12.1 Å². The largest absolute Gasteiger partial charge is 0.379 e. The van der Waals surface area contributed by atoms with Crippen LogP contribution < -0.4 is 0 Å². The summed E-state index contributed by atoms with van der Waals surface area (Å²) in [5.74, 6) is 2.45. The maximum absolute atomic E-state index is 13.1. The van der Waals surface area contributed by atoms with E-state index in [0.29, 0.717) is 6.10 Å². The maximum atomic E-state index is 13.1. The van der Waals surface area contributed by atoms with Gasteiger partial charge in [0, 0.05) is 6.61 Å². The van der Waals surface area contributed by atoms with Crippen LogP contribution >= 0.6 is 11.8 Å². The highest BCUT2D eigenvalue weighted by Gasteiger charge is 1.97. The lowest BCUT2D eigenvalue weighted by molar-refractivity contribution is 0.0800. The third-order valence-electron chi connectivity index (χ3n) is 4.78. The van der Waals surface area contributed by atoms with E-state index in [9.17, 15) is 4.39 Å². The summed E-state index contributed by atoms with van der Waals surface area (Å²) in [5, 5.41) is 0. The molecule has 0 spiro atoms. The second kappa shape index (κ2) is 17.6. The maximum Gasteiger partial charge on any atom is 0.123 e. The Morgan fingerprint density at radius 2 is 1.41 bits per heavy atom. The second-order valence-electron chi connectivity index (χ2n) is 7.80. The van der Waals surface area contributed by atoms with Crippen molar-refractivity contribution in [2.45, 2.75) is 97.0 Å². The second-order valence-corrected chi connectivity index (χ2v) is 9.03. The minimum atomic E-state index is -0.109. The Hall–Kier alpha value is -0.540. The first-order valence-electron chi connectivity index (χ1n) is 11.1. The summed E-state index contributed by atoms with van der Waals surface area (Å²) in [6.45, 7) is 5.11. The van der Waals surface area contributed by atoms with Crippen molar-refractivity contribution in [2.75, 3.05) is 18.1 Å². The van der Waals surface area contributed by atoms with Gasteiger partial charge in [-0.05, 0) is 68.7 Å². The number of hydrogen-bond acceptors (Lipinski definition) is 2. The fourth-order valence-electron chi connectivity index (χ4n) is 3.22. The summed E-state index contributed by atoms with van der Waals surface area (Å²) >= 11 is 2.08. The molecule has 1 aromatic carbocycles. The SMILES string of the molecule is CC(C)OCCCSCCCCCCCCCCCCc1cccc(F)c1. The first-order valence-corrected chi connectivity index (χ1v) is 12.3. The van der Waals surface area contributed by atoms with Crippen LogP contribution in [0.3, 0.4) is 0 Å². The molecule has 0 aromatic heterocycles. The van der Waals surface area contributed by atoms with Gasteiger partial charge in [-0.2, -0.15) is 11.8 Å². The predicted octanol–water partition coefficient (Wildman–Crippen LogP) is 7.82. The van der Waals surface area contributed by atoms with E-state index < -0.39 is 0 Å². The normalized spacial score (nSPS) is 11.4. The molecule has 1 rings (SSSR count). The van der Waals surface area contributed by atoms with Gasteiger partial charge in [0.25, 0.3) is 0 Å². The lowest BCUT2D eigenvalue weighted by Gasteiger charge is -2.07. The van der Waals surface area contributed by atoms with Gasteiger partial charge in [-0.3, -0.25) is 0 Å². The number of ether oxygens (including phenoxy) is 1. The molecule has 0 fully saturated rings. The fraction of sp³-hybridized carbons (Fsp3) is 0.750. The molecule has 0 heterocycles. The molecule has 156 valence electrons. The van der Waals surface area contributed by atoms with E-state index in [4.69, 9.17) is 4.74 Å². The molecular weight excluding hydrogens is 355 g/mol. The molecule has 0 aliphatic rings. The van der Waals surface area contributed by atoms with Crippen molar-refractivity contribution in [3.63, 3.8) is 0 Å². The molecule has 0 N–H and O–H groups in total. The summed E-state index contributed by atoms with van der Waals surface area (Å²) in [5.41, 5.74) is 1.14. The highest BCUT2D eigenvalue weighted by atomic mass is 32.2. The van der Waals surface area contributed by atoms with Crippen molar-refractivity contribution < 1.29 is 9.13 Å². The fourth-order valence-corrected chi connectivity index (χ4v) is 4.16. The molecule has 0 amide bonds. The van der Waals surface area contributed by atoms with Crippen LogP contribution in [0.25, 0.3) is 0 Å². The Labute approximate surface area is 171 Å². The number of rotatable bonds is 18. The Bertz CT molecular complexity index is 450. The molecule has 0 radical (unpaired) electrons. The zero-order valence-corrected chi connectivity index (χ0v) is 18.5. The summed E-state index contributed by atoms with van der Waals surface area (Å²) in [7, 11) is 0. The highest BCUT2D eigenvalue weighted by Crippen LogP contribution is 2.14. The minimum Gasteiger partial charge on any atom is -0.379 e. The van der Waals surface area contributed by atoms with Crippen molar-refractivity contribution in [1.82, 2.24) is 0 Å². The van der Waals surface area contributed by atoms with Crippen molar-refractivity contribution >= 4 is 11.8 Å². The van der Waals surface area contributed by atoms with Crippen molar-refractivity contribution in [3.8, 4) is 0 Å². The van der Waals surface area contributed by atoms with Crippen molar-refractivity contribution in [3.05, 3.63) is 35.6 Å². The Kier molecular flexibility index (Phi) is 15.9. The monoisotopic (exact) mass is 396 g/mol. The molecule has 3 heteroatoms. The van der Waals surface area contributed by atoms with Crippen LogP contribution in [0, 0.1) is 5.82 Å². The molecule has 0 saturated carbocycles. The molecule has 0 aliphatic heterocycles.